The maximum absolute atomic E-state index is 9.08. The molecule has 2 aromatic heterocycles. The molecule has 0 N–H and O–H groups in total. The maximum Gasteiger partial charge on any atom is 0.197 e. The van der Waals surface area contributed by atoms with E-state index < -0.39 is 0 Å². The fourth-order valence-corrected chi connectivity index (χ4v) is 2.90. The van der Waals surface area contributed by atoms with Crippen LogP contribution in [0.3, 0.4) is 0 Å². The van der Waals surface area contributed by atoms with Gasteiger partial charge in [0.1, 0.15) is 0 Å². The SMILES string of the molecule is Cc1ccc(-n2c(S[C@H](C)C#N)nnc2-c2ccncc2)cc1. The summed E-state index contributed by atoms with van der Waals surface area (Å²) in [6.07, 6.45) is 3.46. The molecule has 0 fully saturated rings. The molecule has 0 bridgehead atoms. The zero-order valence-corrected chi connectivity index (χ0v) is 13.7. The molecule has 0 aliphatic rings. The van der Waals surface area contributed by atoms with Crippen LogP contribution in [0.15, 0.2) is 53.9 Å². The van der Waals surface area contributed by atoms with Gasteiger partial charge in [-0.05, 0) is 38.1 Å². The van der Waals surface area contributed by atoms with E-state index in [0.29, 0.717) is 5.16 Å². The molecular formula is C17H15N5S. The van der Waals surface area contributed by atoms with E-state index >= 15 is 0 Å². The van der Waals surface area contributed by atoms with E-state index in [1.54, 1.807) is 12.4 Å². The molecule has 114 valence electrons. The highest BCUT2D eigenvalue weighted by atomic mass is 32.2. The molecule has 1 atom stereocenters. The van der Waals surface area contributed by atoms with Gasteiger partial charge in [-0.15, -0.1) is 10.2 Å². The zero-order valence-electron chi connectivity index (χ0n) is 12.8. The number of pyridine rings is 1. The van der Waals surface area contributed by atoms with Crippen LogP contribution in [-0.2, 0) is 0 Å². The Balaban J connectivity index is 2.14. The number of nitriles is 1. The zero-order chi connectivity index (χ0) is 16.2. The van der Waals surface area contributed by atoms with Crippen LogP contribution in [0.4, 0.5) is 0 Å². The lowest BCUT2D eigenvalue weighted by Crippen LogP contribution is -2.02. The van der Waals surface area contributed by atoms with E-state index in [1.807, 2.05) is 54.8 Å². The predicted octanol–water partition coefficient (Wildman–Crippen LogP) is 3.64. The average Bonchev–Trinajstić information content (AvgIpc) is 3.00. The third-order valence-corrected chi connectivity index (χ3v) is 4.26. The minimum atomic E-state index is -0.200. The molecule has 23 heavy (non-hydrogen) atoms. The molecule has 3 rings (SSSR count). The van der Waals surface area contributed by atoms with Crippen molar-refractivity contribution in [1.82, 2.24) is 19.7 Å². The summed E-state index contributed by atoms with van der Waals surface area (Å²) in [7, 11) is 0. The van der Waals surface area contributed by atoms with Gasteiger partial charge in [-0.1, -0.05) is 29.5 Å². The Labute approximate surface area is 139 Å². The fourth-order valence-electron chi connectivity index (χ4n) is 2.15. The van der Waals surface area contributed by atoms with Crippen molar-refractivity contribution in [2.75, 3.05) is 0 Å². The van der Waals surface area contributed by atoms with Crippen molar-refractivity contribution >= 4 is 11.8 Å². The molecule has 6 heteroatoms. The van der Waals surface area contributed by atoms with E-state index in [4.69, 9.17) is 5.26 Å². The van der Waals surface area contributed by atoms with Gasteiger partial charge in [0.05, 0.1) is 11.3 Å². The van der Waals surface area contributed by atoms with Crippen LogP contribution in [0.25, 0.3) is 17.1 Å². The standard InChI is InChI=1S/C17H15N5S/c1-12-3-5-15(6-4-12)22-16(14-7-9-19-10-8-14)20-21-17(22)23-13(2)11-18/h3-10,13H,1-2H3/t13-/m1/s1. The van der Waals surface area contributed by atoms with Crippen LogP contribution in [0.1, 0.15) is 12.5 Å². The molecule has 2 heterocycles. The molecule has 3 aromatic rings. The third kappa shape index (κ3) is 3.25. The maximum atomic E-state index is 9.08. The third-order valence-electron chi connectivity index (χ3n) is 3.33. The van der Waals surface area contributed by atoms with Gasteiger partial charge in [-0.25, -0.2) is 0 Å². The number of hydrogen-bond donors (Lipinski definition) is 0. The minimum Gasteiger partial charge on any atom is -0.270 e. The van der Waals surface area contributed by atoms with Crippen LogP contribution in [0.5, 0.6) is 0 Å². The Morgan fingerprint density at radius 1 is 1.09 bits per heavy atom. The van der Waals surface area contributed by atoms with Crippen molar-refractivity contribution in [1.29, 1.82) is 5.26 Å². The number of nitrogens with zero attached hydrogens (tertiary/aromatic N) is 5. The Kier molecular flexibility index (Phi) is 4.40. The summed E-state index contributed by atoms with van der Waals surface area (Å²) in [5.74, 6) is 0.740. The van der Waals surface area contributed by atoms with Crippen molar-refractivity contribution in [3.63, 3.8) is 0 Å². The summed E-state index contributed by atoms with van der Waals surface area (Å²) in [6.45, 7) is 3.90. The van der Waals surface area contributed by atoms with Crippen molar-refractivity contribution in [2.45, 2.75) is 24.3 Å². The van der Waals surface area contributed by atoms with Crippen LogP contribution in [-0.4, -0.2) is 25.0 Å². The van der Waals surface area contributed by atoms with Gasteiger partial charge < -0.3 is 0 Å². The highest BCUT2D eigenvalue weighted by Crippen LogP contribution is 2.29. The first-order valence-electron chi connectivity index (χ1n) is 7.18. The molecule has 0 saturated carbocycles. The number of benzene rings is 1. The summed E-state index contributed by atoms with van der Waals surface area (Å²) in [5, 5.41) is 18.2. The summed E-state index contributed by atoms with van der Waals surface area (Å²) in [4.78, 5) is 4.05. The average molecular weight is 321 g/mol. The molecule has 0 radical (unpaired) electrons. The molecule has 0 aliphatic carbocycles. The predicted molar refractivity (Wildman–Crippen MR) is 90.3 cm³/mol. The van der Waals surface area contributed by atoms with Gasteiger partial charge in [0, 0.05) is 23.6 Å². The first-order valence-corrected chi connectivity index (χ1v) is 8.06. The van der Waals surface area contributed by atoms with E-state index in [0.717, 1.165) is 17.1 Å². The van der Waals surface area contributed by atoms with E-state index in [9.17, 15) is 0 Å². The van der Waals surface area contributed by atoms with Gasteiger partial charge in [0.2, 0.25) is 0 Å². The highest BCUT2D eigenvalue weighted by Gasteiger charge is 2.18. The van der Waals surface area contributed by atoms with Gasteiger partial charge in [0.15, 0.2) is 11.0 Å². The molecule has 0 spiro atoms. The van der Waals surface area contributed by atoms with Crippen molar-refractivity contribution in [3.05, 3.63) is 54.4 Å². The fraction of sp³-hybridized carbons (Fsp3) is 0.176. The monoisotopic (exact) mass is 321 g/mol. The lowest BCUT2D eigenvalue weighted by molar-refractivity contribution is 0.883. The highest BCUT2D eigenvalue weighted by molar-refractivity contribution is 8.00. The van der Waals surface area contributed by atoms with Gasteiger partial charge >= 0.3 is 0 Å². The number of aromatic nitrogens is 4. The van der Waals surface area contributed by atoms with Crippen LogP contribution in [0, 0.1) is 18.3 Å². The van der Waals surface area contributed by atoms with E-state index in [-0.39, 0.29) is 5.25 Å². The molecule has 0 aliphatic heterocycles. The Morgan fingerprint density at radius 2 is 1.78 bits per heavy atom. The Hall–Kier alpha value is -2.65. The minimum absolute atomic E-state index is 0.200. The normalized spacial score (nSPS) is 11.9. The smallest absolute Gasteiger partial charge is 0.197 e. The number of aryl methyl sites for hydroxylation is 1. The molecule has 5 nitrogen and oxygen atoms in total. The van der Waals surface area contributed by atoms with Gasteiger partial charge in [-0.2, -0.15) is 5.26 Å². The second kappa shape index (κ2) is 6.63. The summed E-state index contributed by atoms with van der Waals surface area (Å²) < 4.78 is 1.98. The second-order valence-corrected chi connectivity index (χ2v) is 6.41. The summed E-state index contributed by atoms with van der Waals surface area (Å²) >= 11 is 1.40. The topological polar surface area (TPSA) is 67.4 Å². The molecule has 0 saturated heterocycles. The molecular weight excluding hydrogens is 306 g/mol. The summed E-state index contributed by atoms with van der Waals surface area (Å²) in [5.41, 5.74) is 3.09. The van der Waals surface area contributed by atoms with Gasteiger partial charge in [0.25, 0.3) is 0 Å². The van der Waals surface area contributed by atoms with E-state index in [1.165, 1.54) is 17.3 Å². The molecule has 0 amide bonds. The quantitative estimate of drug-likeness (QED) is 0.686. The summed E-state index contributed by atoms with van der Waals surface area (Å²) in [6, 6.07) is 14.2. The van der Waals surface area contributed by atoms with Crippen molar-refractivity contribution in [2.24, 2.45) is 0 Å². The van der Waals surface area contributed by atoms with Crippen molar-refractivity contribution in [3.8, 4) is 23.1 Å². The molecule has 1 aromatic carbocycles. The Morgan fingerprint density at radius 3 is 2.43 bits per heavy atom. The first kappa shape index (κ1) is 15.3. The lowest BCUT2D eigenvalue weighted by atomic mass is 10.2. The molecule has 0 unspecified atom stereocenters. The lowest BCUT2D eigenvalue weighted by Gasteiger charge is -2.11. The van der Waals surface area contributed by atoms with Crippen molar-refractivity contribution < 1.29 is 0 Å². The first-order chi connectivity index (χ1) is 11.2. The van der Waals surface area contributed by atoms with Crippen LogP contribution >= 0.6 is 11.8 Å². The second-order valence-electron chi connectivity index (χ2n) is 5.10. The van der Waals surface area contributed by atoms with E-state index in [2.05, 4.69) is 21.3 Å². The number of hydrogen-bond acceptors (Lipinski definition) is 5. The van der Waals surface area contributed by atoms with Gasteiger partial charge in [-0.3, -0.25) is 9.55 Å². The number of rotatable bonds is 4. The Bertz CT molecular complexity index is 834. The number of thioether (sulfide) groups is 1. The van der Waals surface area contributed by atoms with Crippen LogP contribution in [0.2, 0.25) is 0 Å². The van der Waals surface area contributed by atoms with Crippen LogP contribution < -0.4 is 0 Å². The largest absolute Gasteiger partial charge is 0.270 e.